The van der Waals surface area contributed by atoms with Gasteiger partial charge in [0.05, 0.1) is 5.75 Å². The van der Waals surface area contributed by atoms with Crippen molar-refractivity contribution in [3.63, 3.8) is 0 Å². The molecule has 2 aromatic carbocycles. The lowest BCUT2D eigenvalue weighted by atomic mass is 9.45. The summed E-state index contributed by atoms with van der Waals surface area (Å²) in [5.74, 6) is 1.62. The van der Waals surface area contributed by atoms with Gasteiger partial charge in [-0.15, -0.1) is 0 Å². The van der Waals surface area contributed by atoms with Gasteiger partial charge in [0.25, 0.3) is 0 Å². The number of nitrogens with zero attached hydrogens (tertiary/aromatic N) is 3. The highest BCUT2D eigenvalue weighted by Gasteiger charge is 2.56. The summed E-state index contributed by atoms with van der Waals surface area (Å²) in [6, 6.07) is 12.8. The van der Waals surface area contributed by atoms with Gasteiger partial charge >= 0.3 is 0 Å². The van der Waals surface area contributed by atoms with Gasteiger partial charge in [-0.25, -0.2) is 8.42 Å². The molecule has 1 heterocycles. The molecule has 10 heteroatoms. The number of carbonyl (C=O) groups excluding carboxylic acids is 1. The summed E-state index contributed by atoms with van der Waals surface area (Å²) < 4.78 is 28.1. The van der Waals surface area contributed by atoms with Gasteiger partial charge in [-0.2, -0.15) is 4.31 Å². The Hall–Kier alpha value is -2.17. The molecule has 0 spiro atoms. The molecular formula is C38H57ClN4O4S. The predicted octanol–water partition coefficient (Wildman–Crippen LogP) is 6.51. The molecule has 48 heavy (non-hydrogen) atoms. The van der Waals surface area contributed by atoms with Crippen LogP contribution in [-0.4, -0.2) is 78.1 Å². The van der Waals surface area contributed by atoms with Crippen LogP contribution < -0.4 is 5.32 Å². The number of halogens is 1. The Labute approximate surface area is 294 Å². The second kappa shape index (κ2) is 14.2. The molecule has 2 N–H and O–H groups in total. The van der Waals surface area contributed by atoms with Gasteiger partial charge in [-0.1, -0.05) is 77.4 Å². The fourth-order valence-electron chi connectivity index (χ4n) is 8.70. The maximum absolute atomic E-state index is 13.7. The van der Waals surface area contributed by atoms with Gasteiger partial charge in [0.1, 0.15) is 11.8 Å². The maximum atomic E-state index is 13.7. The van der Waals surface area contributed by atoms with E-state index in [4.69, 9.17) is 11.6 Å². The summed E-state index contributed by atoms with van der Waals surface area (Å²) >= 11 is 6.35. The number of amides is 1. The third-order valence-electron chi connectivity index (χ3n) is 11.4. The summed E-state index contributed by atoms with van der Waals surface area (Å²) in [5.41, 5.74) is 3.06. The molecular weight excluding hydrogens is 644 g/mol. The van der Waals surface area contributed by atoms with Crippen molar-refractivity contribution in [3.05, 3.63) is 64.2 Å². The lowest BCUT2D eigenvalue weighted by molar-refractivity contribution is -0.136. The average Bonchev–Trinajstić information content (AvgIpc) is 3.27. The summed E-state index contributed by atoms with van der Waals surface area (Å²) in [7, 11) is 0.582. The molecule has 3 saturated carbocycles. The number of nitrogens with one attached hydrogen (secondary N) is 1. The van der Waals surface area contributed by atoms with Gasteiger partial charge in [-0.3, -0.25) is 9.69 Å². The minimum Gasteiger partial charge on any atom is -0.508 e. The second-order valence-corrected chi connectivity index (χ2v) is 19.4. The Bertz CT molecular complexity index is 1570. The summed E-state index contributed by atoms with van der Waals surface area (Å²) in [6.45, 7) is 15.7. The van der Waals surface area contributed by atoms with E-state index >= 15 is 0 Å². The van der Waals surface area contributed by atoms with E-state index in [0.717, 1.165) is 36.1 Å². The van der Waals surface area contributed by atoms with Crippen LogP contribution in [0.5, 0.6) is 5.75 Å². The first kappa shape index (κ1) is 37.1. The number of phenolic OH excluding ortho intramolecular Hbond substituents is 1. The van der Waals surface area contributed by atoms with Crippen LogP contribution in [-0.2, 0) is 34.5 Å². The van der Waals surface area contributed by atoms with Gasteiger partial charge in [0, 0.05) is 48.8 Å². The van der Waals surface area contributed by atoms with E-state index in [1.165, 1.54) is 10.7 Å². The van der Waals surface area contributed by atoms with Crippen molar-refractivity contribution in [2.45, 2.75) is 105 Å². The highest BCUT2D eigenvalue weighted by Crippen LogP contribution is 2.61. The van der Waals surface area contributed by atoms with Gasteiger partial charge in [-0.05, 0) is 97.7 Å². The van der Waals surface area contributed by atoms with Crippen LogP contribution in [0.15, 0.2) is 42.5 Å². The van der Waals surface area contributed by atoms with Crippen molar-refractivity contribution in [1.29, 1.82) is 0 Å². The number of hydrogen-bond donors (Lipinski definition) is 2. The number of likely N-dealkylation sites (N-methyl/N-ethyl adjacent to an activating group) is 1. The van der Waals surface area contributed by atoms with E-state index in [2.05, 4.69) is 82.9 Å². The van der Waals surface area contributed by atoms with Crippen LogP contribution in [0.3, 0.4) is 0 Å². The molecule has 1 unspecified atom stereocenters. The first-order valence-corrected chi connectivity index (χ1v) is 19.6. The quantitative estimate of drug-likeness (QED) is 0.263. The van der Waals surface area contributed by atoms with Gasteiger partial charge in [0.15, 0.2) is 0 Å². The topological polar surface area (TPSA) is 93.2 Å². The fraction of sp³-hybridized carbons (Fsp3) is 0.658. The average molecular weight is 701 g/mol. The molecule has 4 aliphatic rings. The van der Waals surface area contributed by atoms with Crippen molar-refractivity contribution >= 4 is 27.5 Å². The summed E-state index contributed by atoms with van der Waals surface area (Å²) in [6.07, 6.45) is 3.44. The van der Waals surface area contributed by atoms with Crippen LogP contribution in [0.1, 0.15) is 83.9 Å². The number of rotatable bonds is 12. The Morgan fingerprint density at radius 1 is 1.10 bits per heavy atom. The SMILES string of the molecule is C[C@@H]1[C@@H](NC(=O)C2CCS(=O)(=O)N2Cc2cccc(CN(Cc3cc(Cl)ccc3O)[C@H](CN(C)C)CC(C)(C)C)c2)C[C@@H]2C[C@H]1C2(C)C. The van der Waals surface area contributed by atoms with Crippen molar-refractivity contribution in [2.75, 3.05) is 26.4 Å². The zero-order chi connectivity index (χ0) is 35.2. The predicted molar refractivity (Wildman–Crippen MR) is 194 cm³/mol. The number of sulfonamides is 1. The van der Waals surface area contributed by atoms with Crippen LogP contribution in [0.2, 0.25) is 5.02 Å². The lowest BCUT2D eigenvalue weighted by Gasteiger charge is -2.62. The van der Waals surface area contributed by atoms with E-state index in [0.29, 0.717) is 47.7 Å². The lowest BCUT2D eigenvalue weighted by Crippen LogP contribution is -2.61. The number of carbonyl (C=O) groups is 1. The fourth-order valence-corrected chi connectivity index (χ4v) is 10.6. The third kappa shape index (κ3) is 8.40. The van der Waals surface area contributed by atoms with Crippen LogP contribution >= 0.6 is 11.6 Å². The third-order valence-corrected chi connectivity index (χ3v) is 13.5. The molecule has 266 valence electrons. The molecule has 0 radical (unpaired) electrons. The minimum atomic E-state index is -3.57. The molecule has 6 atom stereocenters. The molecule has 1 amide bonds. The Morgan fingerprint density at radius 2 is 1.81 bits per heavy atom. The molecule has 6 rings (SSSR count). The summed E-state index contributed by atoms with van der Waals surface area (Å²) in [4.78, 5) is 18.3. The second-order valence-electron chi connectivity index (χ2n) is 16.9. The smallest absolute Gasteiger partial charge is 0.238 e. The minimum absolute atomic E-state index is 0.0147. The standard InChI is InChI=1S/C38H57ClN4O4S/c1-25-32-18-29(38(32,5)6)19-33(25)40-36(45)34-14-15-48(46,47)43(34)22-27-11-9-10-26(16-27)21-42(23-28-17-30(39)12-13-35(28)44)31(24-41(7)8)20-37(2,3)4/h9-13,16-17,25,29,31-34,44H,14-15,18-24H2,1-8H3,(H,40,45)/t25-,29-,31-,32+,33-,34?/m0/s1. The molecule has 4 fully saturated rings. The monoisotopic (exact) mass is 700 g/mol. The number of hydrogen-bond acceptors (Lipinski definition) is 6. The largest absolute Gasteiger partial charge is 0.508 e. The Morgan fingerprint density at radius 3 is 2.46 bits per heavy atom. The van der Waals surface area contributed by atoms with Crippen LogP contribution in [0.25, 0.3) is 0 Å². The van der Waals surface area contributed by atoms with E-state index in [1.807, 2.05) is 18.2 Å². The van der Waals surface area contributed by atoms with Crippen molar-refractivity contribution in [1.82, 2.24) is 19.4 Å². The van der Waals surface area contributed by atoms with E-state index < -0.39 is 16.1 Å². The molecule has 8 nitrogen and oxygen atoms in total. The highest BCUT2D eigenvalue weighted by molar-refractivity contribution is 7.89. The number of benzene rings is 2. The molecule has 1 saturated heterocycles. The number of phenols is 1. The number of fused-ring (bicyclic) bond motifs is 2. The van der Waals surface area contributed by atoms with Crippen molar-refractivity contribution in [3.8, 4) is 5.75 Å². The van der Waals surface area contributed by atoms with Crippen molar-refractivity contribution in [2.24, 2.45) is 28.6 Å². The first-order chi connectivity index (χ1) is 22.3. The van der Waals surface area contributed by atoms with Gasteiger partial charge < -0.3 is 15.3 Å². The maximum Gasteiger partial charge on any atom is 0.238 e. The molecule has 3 aliphatic carbocycles. The Balaban J connectivity index is 1.35. The highest BCUT2D eigenvalue weighted by atomic mass is 35.5. The van der Waals surface area contributed by atoms with Crippen molar-refractivity contribution < 1.29 is 18.3 Å². The molecule has 2 bridgehead atoms. The van der Waals surface area contributed by atoms with Gasteiger partial charge in [0.2, 0.25) is 15.9 Å². The first-order valence-electron chi connectivity index (χ1n) is 17.6. The summed E-state index contributed by atoms with van der Waals surface area (Å²) in [5, 5.41) is 14.6. The number of aromatic hydroxyl groups is 1. The molecule has 0 aromatic heterocycles. The van der Waals surface area contributed by atoms with E-state index in [-0.39, 0.29) is 41.5 Å². The van der Waals surface area contributed by atoms with E-state index in [1.54, 1.807) is 12.1 Å². The Kier molecular flexibility index (Phi) is 11.0. The normalized spacial score (nSPS) is 27.2. The zero-order valence-corrected chi connectivity index (χ0v) is 31.7. The molecule has 1 aliphatic heterocycles. The zero-order valence-electron chi connectivity index (χ0n) is 30.2. The van der Waals surface area contributed by atoms with Crippen LogP contribution in [0, 0.1) is 28.6 Å². The molecule has 2 aromatic rings. The van der Waals surface area contributed by atoms with E-state index in [9.17, 15) is 18.3 Å². The van der Waals surface area contributed by atoms with Crippen LogP contribution in [0.4, 0.5) is 0 Å².